The molecule has 0 saturated heterocycles. The van der Waals surface area contributed by atoms with Crippen LogP contribution >= 0.6 is 0 Å². The van der Waals surface area contributed by atoms with E-state index in [9.17, 15) is 9.59 Å². The smallest absolute Gasteiger partial charge is 0.337 e. The average Bonchev–Trinajstić information content (AvgIpc) is 2.35. The summed E-state index contributed by atoms with van der Waals surface area (Å²) in [5, 5.41) is 10.6. The van der Waals surface area contributed by atoms with Crippen LogP contribution < -0.4 is 5.32 Å². The second kappa shape index (κ2) is 5.51. The van der Waals surface area contributed by atoms with Gasteiger partial charge in [0.05, 0.1) is 12.7 Å². The number of nitrogens with one attached hydrogen (secondary N) is 1. The summed E-state index contributed by atoms with van der Waals surface area (Å²) in [6, 6.07) is 8.01. The molecule has 0 atom stereocenters. The first-order valence-corrected chi connectivity index (χ1v) is 4.52. The van der Waals surface area contributed by atoms with Gasteiger partial charge >= 0.3 is 11.9 Å². The molecule has 1 N–H and O–H groups in total. The summed E-state index contributed by atoms with van der Waals surface area (Å²) >= 11 is 0. The highest BCUT2D eigenvalue weighted by molar-refractivity contribution is 5.91. The molecular weight excluding hydrogens is 208 g/mol. The third-order valence-electron chi connectivity index (χ3n) is 1.93. The Morgan fingerprint density at radius 3 is 2.50 bits per heavy atom. The van der Waals surface area contributed by atoms with Crippen LogP contribution in [0.2, 0.25) is 0 Å². The number of nitriles is 1. The number of benzene rings is 1. The lowest BCUT2D eigenvalue weighted by molar-refractivity contribution is -0.116. The third-order valence-corrected chi connectivity index (χ3v) is 1.93. The Kier molecular flexibility index (Phi) is 4.04. The maximum atomic E-state index is 11.1. The zero-order valence-electron chi connectivity index (χ0n) is 8.69. The van der Waals surface area contributed by atoms with Gasteiger partial charge in [0.25, 0.3) is 0 Å². The van der Waals surface area contributed by atoms with Crippen molar-refractivity contribution in [2.24, 2.45) is 0 Å². The quantitative estimate of drug-likeness (QED) is 0.595. The van der Waals surface area contributed by atoms with E-state index in [1.165, 1.54) is 13.2 Å². The minimum Gasteiger partial charge on any atom is -0.465 e. The second-order valence-electron chi connectivity index (χ2n) is 2.98. The van der Waals surface area contributed by atoms with Crippen molar-refractivity contribution in [1.29, 1.82) is 5.26 Å². The molecule has 1 aromatic carbocycles. The van der Waals surface area contributed by atoms with E-state index in [-0.39, 0.29) is 6.54 Å². The number of carbonyl (C=O) groups excluding carboxylic acids is 2. The fourth-order valence-electron chi connectivity index (χ4n) is 1.10. The maximum Gasteiger partial charge on any atom is 0.337 e. The van der Waals surface area contributed by atoms with Crippen LogP contribution in [0.25, 0.3) is 0 Å². The minimum atomic E-state index is -0.683. The molecule has 1 amide bonds. The Hall–Kier alpha value is -2.35. The van der Waals surface area contributed by atoms with E-state index < -0.39 is 11.9 Å². The normalized spacial score (nSPS) is 9.00. The number of methoxy groups -OCH3 is 1. The molecule has 16 heavy (non-hydrogen) atoms. The fourth-order valence-corrected chi connectivity index (χ4v) is 1.10. The Labute approximate surface area is 92.6 Å². The molecule has 1 rings (SSSR count). The van der Waals surface area contributed by atoms with E-state index >= 15 is 0 Å². The monoisotopic (exact) mass is 218 g/mol. The van der Waals surface area contributed by atoms with Crippen molar-refractivity contribution >= 4 is 11.9 Å². The zero-order chi connectivity index (χ0) is 12.0. The molecule has 0 heterocycles. The van der Waals surface area contributed by atoms with Crippen LogP contribution in [0, 0.1) is 11.3 Å². The number of amides is 1. The van der Waals surface area contributed by atoms with E-state index in [2.05, 4.69) is 10.1 Å². The molecule has 0 aliphatic heterocycles. The summed E-state index contributed by atoms with van der Waals surface area (Å²) < 4.78 is 4.54. The highest BCUT2D eigenvalue weighted by Gasteiger charge is 2.04. The first kappa shape index (κ1) is 11.7. The molecule has 0 aromatic heterocycles. The molecule has 0 fully saturated rings. The number of rotatable bonds is 3. The highest BCUT2D eigenvalue weighted by Crippen LogP contribution is 2.05. The number of esters is 1. The van der Waals surface area contributed by atoms with Crippen LogP contribution in [0.1, 0.15) is 15.9 Å². The summed E-state index contributed by atoms with van der Waals surface area (Å²) in [7, 11) is 1.31. The Balaban J connectivity index is 2.62. The van der Waals surface area contributed by atoms with Gasteiger partial charge in [-0.3, -0.25) is 4.79 Å². The number of hydrogen-bond acceptors (Lipinski definition) is 4. The summed E-state index contributed by atoms with van der Waals surface area (Å²) in [5.74, 6) is -1.09. The lowest BCUT2D eigenvalue weighted by Crippen LogP contribution is -2.20. The average molecular weight is 218 g/mol. The Bertz CT molecular complexity index is 432. The van der Waals surface area contributed by atoms with Gasteiger partial charge in [0.2, 0.25) is 0 Å². The van der Waals surface area contributed by atoms with Gasteiger partial charge in [0.15, 0.2) is 6.07 Å². The van der Waals surface area contributed by atoms with Crippen LogP contribution in [0.15, 0.2) is 24.3 Å². The van der Waals surface area contributed by atoms with Gasteiger partial charge in [-0.05, 0) is 17.7 Å². The lowest BCUT2D eigenvalue weighted by atomic mass is 10.1. The molecule has 0 aliphatic carbocycles. The largest absolute Gasteiger partial charge is 0.465 e. The number of hydrogen-bond donors (Lipinski definition) is 1. The standard InChI is InChI=1S/C11H10N2O3/c1-16-11(15)9-4-2-8(3-5-9)7-13-10(14)6-12/h2-5H,7H2,1H3,(H,13,14). The summed E-state index contributed by atoms with van der Waals surface area (Å²) in [6.45, 7) is 0.258. The summed E-state index contributed by atoms with van der Waals surface area (Å²) in [6.07, 6.45) is 0. The van der Waals surface area contributed by atoms with Gasteiger partial charge in [-0.1, -0.05) is 12.1 Å². The minimum absolute atomic E-state index is 0.258. The number of nitrogens with zero attached hydrogens (tertiary/aromatic N) is 1. The summed E-state index contributed by atoms with van der Waals surface area (Å²) in [4.78, 5) is 21.8. The SMILES string of the molecule is COC(=O)c1ccc(CNC(=O)C#N)cc1. The van der Waals surface area contributed by atoms with Gasteiger partial charge in [0.1, 0.15) is 0 Å². The molecule has 5 nitrogen and oxygen atoms in total. The first-order chi connectivity index (χ1) is 7.67. The van der Waals surface area contributed by atoms with Crippen molar-refractivity contribution in [3.8, 4) is 6.07 Å². The first-order valence-electron chi connectivity index (χ1n) is 4.52. The van der Waals surface area contributed by atoms with Gasteiger partial charge in [-0.15, -0.1) is 0 Å². The Morgan fingerprint density at radius 2 is 2.00 bits per heavy atom. The molecule has 0 saturated carbocycles. The van der Waals surface area contributed by atoms with Crippen LogP contribution in [0.4, 0.5) is 0 Å². The molecule has 1 aromatic rings. The van der Waals surface area contributed by atoms with Crippen LogP contribution in [0.5, 0.6) is 0 Å². The number of ether oxygens (including phenoxy) is 1. The van der Waals surface area contributed by atoms with Crippen molar-refractivity contribution < 1.29 is 14.3 Å². The zero-order valence-corrected chi connectivity index (χ0v) is 8.69. The number of carbonyl (C=O) groups is 2. The molecule has 0 aliphatic rings. The van der Waals surface area contributed by atoms with E-state index in [0.29, 0.717) is 5.56 Å². The predicted octanol–water partition coefficient (Wildman–Crippen LogP) is 0.613. The van der Waals surface area contributed by atoms with Gasteiger partial charge < -0.3 is 10.1 Å². The highest BCUT2D eigenvalue weighted by atomic mass is 16.5. The van der Waals surface area contributed by atoms with Crippen LogP contribution in [-0.2, 0) is 16.1 Å². The van der Waals surface area contributed by atoms with Crippen LogP contribution in [0.3, 0.4) is 0 Å². The van der Waals surface area contributed by atoms with Gasteiger partial charge in [0, 0.05) is 6.54 Å². The van der Waals surface area contributed by atoms with Gasteiger partial charge in [-0.2, -0.15) is 5.26 Å². The predicted molar refractivity (Wildman–Crippen MR) is 55.2 cm³/mol. The van der Waals surface area contributed by atoms with Gasteiger partial charge in [-0.25, -0.2) is 4.79 Å². The van der Waals surface area contributed by atoms with E-state index in [4.69, 9.17) is 5.26 Å². The molecule has 5 heteroatoms. The Morgan fingerprint density at radius 1 is 1.38 bits per heavy atom. The van der Waals surface area contributed by atoms with Crippen molar-refractivity contribution in [1.82, 2.24) is 5.32 Å². The molecule has 0 radical (unpaired) electrons. The molecule has 0 unspecified atom stereocenters. The molecule has 0 spiro atoms. The van der Waals surface area contributed by atoms with Crippen LogP contribution in [-0.4, -0.2) is 19.0 Å². The maximum absolute atomic E-state index is 11.1. The van der Waals surface area contributed by atoms with Crippen molar-refractivity contribution in [3.05, 3.63) is 35.4 Å². The summed E-state index contributed by atoms with van der Waals surface area (Å²) in [5.41, 5.74) is 1.24. The van der Waals surface area contributed by atoms with E-state index in [1.807, 2.05) is 0 Å². The second-order valence-corrected chi connectivity index (χ2v) is 2.98. The van der Waals surface area contributed by atoms with Crippen molar-refractivity contribution in [2.75, 3.05) is 7.11 Å². The van der Waals surface area contributed by atoms with E-state index in [0.717, 1.165) is 5.56 Å². The molecule has 82 valence electrons. The van der Waals surface area contributed by atoms with Crippen molar-refractivity contribution in [3.63, 3.8) is 0 Å². The lowest BCUT2D eigenvalue weighted by Gasteiger charge is -2.02. The topological polar surface area (TPSA) is 79.2 Å². The fraction of sp³-hybridized carbons (Fsp3) is 0.182. The third kappa shape index (κ3) is 3.10. The molecular formula is C11H10N2O3. The molecule has 0 bridgehead atoms. The van der Waals surface area contributed by atoms with Crippen molar-refractivity contribution in [2.45, 2.75) is 6.54 Å². The van der Waals surface area contributed by atoms with E-state index in [1.54, 1.807) is 24.3 Å².